The Morgan fingerprint density at radius 3 is 2.41 bits per heavy atom. The molecule has 1 aromatic rings. The molecule has 0 amide bonds. The summed E-state index contributed by atoms with van der Waals surface area (Å²) in [7, 11) is 2.73. The summed E-state index contributed by atoms with van der Waals surface area (Å²) in [4.78, 5) is 22.5. The third kappa shape index (κ3) is 2.40. The van der Waals surface area contributed by atoms with Crippen LogP contribution in [0.3, 0.4) is 0 Å². The van der Waals surface area contributed by atoms with Gasteiger partial charge in [-0.05, 0) is 6.07 Å². The number of methoxy groups -OCH3 is 2. The second kappa shape index (κ2) is 5.65. The molecule has 0 aliphatic carbocycles. The van der Waals surface area contributed by atoms with Gasteiger partial charge in [0.1, 0.15) is 0 Å². The van der Waals surface area contributed by atoms with E-state index in [1.807, 2.05) is 0 Å². The Morgan fingerprint density at radius 2 is 2.00 bits per heavy atom. The molecule has 6 heteroatoms. The summed E-state index contributed by atoms with van der Waals surface area (Å²) in [6.07, 6.45) is 0.573. The lowest BCUT2D eigenvalue weighted by Crippen LogP contribution is -2.16. The van der Waals surface area contributed by atoms with Gasteiger partial charge >= 0.3 is 0 Å². The van der Waals surface area contributed by atoms with Crippen LogP contribution in [0.2, 0.25) is 5.02 Å². The minimum atomic E-state index is -0.386. The molecule has 0 bridgehead atoms. The molecular weight excluding hydrogens is 246 g/mol. The Balaban J connectivity index is 3.60. The average Bonchev–Trinajstić information content (AvgIpc) is 2.36. The lowest BCUT2D eigenvalue weighted by atomic mass is 10.1. The molecule has 1 aromatic carbocycles. The van der Waals surface area contributed by atoms with Crippen molar-refractivity contribution < 1.29 is 19.1 Å². The van der Waals surface area contributed by atoms with Crippen molar-refractivity contribution in [2.45, 2.75) is 0 Å². The first-order valence-electron chi connectivity index (χ1n) is 4.73. The van der Waals surface area contributed by atoms with Gasteiger partial charge in [0.2, 0.25) is 0 Å². The predicted octanol–water partition coefficient (Wildman–Crippen LogP) is 1.31. The average molecular weight is 258 g/mol. The Kier molecular flexibility index (Phi) is 4.48. The zero-order valence-corrected chi connectivity index (χ0v) is 10.2. The van der Waals surface area contributed by atoms with Crippen molar-refractivity contribution in [3.05, 3.63) is 22.2 Å². The smallest absolute Gasteiger partial charge is 0.181 e. The van der Waals surface area contributed by atoms with Gasteiger partial charge in [-0.3, -0.25) is 9.59 Å². The minimum Gasteiger partial charge on any atom is -0.492 e. The molecule has 92 valence electrons. The number of aldehydes is 1. The van der Waals surface area contributed by atoms with E-state index < -0.39 is 0 Å². The highest BCUT2D eigenvalue weighted by Crippen LogP contribution is 2.38. The first-order chi connectivity index (χ1) is 8.10. The molecule has 1 rings (SSSR count). The molecule has 0 fully saturated rings. The number of halogens is 1. The van der Waals surface area contributed by atoms with Gasteiger partial charge in [0.15, 0.2) is 23.6 Å². The van der Waals surface area contributed by atoms with Crippen LogP contribution in [0.25, 0.3) is 0 Å². The lowest BCUT2D eigenvalue weighted by molar-refractivity contribution is 0.0996. The van der Waals surface area contributed by atoms with Gasteiger partial charge in [-0.1, -0.05) is 11.6 Å². The molecule has 0 saturated heterocycles. The van der Waals surface area contributed by atoms with Gasteiger partial charge in [-0.25, -0.2) is 0 Å². The molecule has 0 aromatic heterocycles. The SMILES string of the molecule is COc1c(C=O)cc(Cl)c(C(=O)CN)c1OC. The van der Waals surface area contributed by atoms with E-state index in [-0.39, 0.29) is 40.0 Å². The van der Waals surface area contributed by atoms with Gasteiger partial charge in [0.25, 0.3) is 0 Å². The summed E-state index contributed by atoms with van der Waals surface area (Å²) in [5.41, 5.74) is 5.62. The second-order valence-electron chi connectivity index (χ2n) is 3.13. The number of hydrogen-bond acceptors (Lipinski definition) is 5. The van der Waals surface area contributed by atoms with Crippen molar-refractivity contribution in [1.29, 1.82) is 0 Å². The van der Waals surface area contributed by atoms with E-state index >= 15 is 0 Å². The highest BCUT2D eigenvalue weighted by molar-refractivity contribution is 6.35. The van der Waals surface area contributed by atoms with E-state index in [1.165, 1.54) is 20.3 Å². The topological polar surface area (TPSA) is 78.6 Å². The lowest BCUT2D eigenvalue weighted by Gasteiger charge is -2.14. The van der Waals surface area contributed by atoms with Crippen molar-refractivity contribution >= 4 is 23.7 Å². The fourth-order valence-corrected chi connectivity index (χ4v) is 1.79. The molecule has 2 N–H and O–H groups in total. The van der Waals surface area contributed by atoms with Gasteiger partial charge in [-0.2, -0.15) is 0 Å². The van der Waals surface area contributed by atoms with Crippen LogP contribution in [0, 0.1) is 0 Å². The number of ketones is 1. The van der Waals surface area contributed by atoms with Crippen LogP contribution < -0.4 is 15.2 Å². The quantitative estimate of drug-likeness (QED) is 0.636. The van der Waals surface area contributed by atoms with E-state index in [4.69, 9.17) is 26.8 Å². The molecule has 0 unspecified atom stereocenters. The molecule has 0 radical (unpaired) electrons. The van der Waals surface area contributed by atoms with Crippen LogP contribution in [-0.4, -0.2) is 32.8 Å². The number of rotatable bonds is 5. The largest absolute Gasteiger partial charge is 0.492 e. The number of hydrogen-bond donors (Lipinski definition) is 1. The van der Waals surface area contributed by atoms with Crippen molar-refractivity contribution in [1.82, 2.24) is 0 Å². The minimum absolute atomic E-state index is 0.111. The monoisotopic (exact) mass is 257 g/mol. The van der Waals surface area contributed by atoms with E-state index in [2.05, 4.69) is 0 Å². The fraction of sp³-hybridized carbons (Fsp3) is 0.273. The van der Waals surface area contributed by atoms with E-state index in [0.717, 1.165) is 0 Å². The maximum atomic E-state index is 11.6. The maximum Gasteiger partial charge on any atom is 0.181 e. The van der Waals surface area contributed by atoms with Crippen LogP contribution in [0.1, 0.15) is 20.7 Å². The molecule has 0 aliphatic heterocycles. The third-order valence-electron chi connectivity index (χ3n) is 2.22. The molecule has 5 nitrogen and oxygen atoms in total. The summed E-state index contributed by atoms with van der Waals surface area (Å²) in [6.45, 7) is -0.209. The Labute approximate surface area is 103 Å². The molecule has 0 aliphatic rings. The molecule has 0 heterocycles. The normalized spacial score (nSPS) is 9.88. The number of carbonyl (C=O) groups is 2. The summed E-state index contributed by atoms with van der Waals surface area (Å²) in [5, 5.41) is 0.111. The summed E-state index contributed by atoms with van der Waals surface area (Å²) in [5.74, 6) is -0.0937. The summed E-state index contributed by atoms with van der Waals surface area (Å²) in [6, 6.07) is 1.35. The van der Waals surface area contributed by atoms with Crippen LogP contribution in [0.15, 0.2) is 6.07 Å². The first kappa shape index (κ1) is 13.5. The molecule has 0 spiro atoms. The molecule has 17 heavy (non-hydrogen) atoms. The van der Waals surface area contributed by atoms with Crippen LogP contribution in [0.5, 0.6) is 11.5 Å². The van der Waals surface area contributed by atoms with Crippen molar-refractivity contribution in [3.8, 4) is 11.5 Å². The van der Waals surface area contributed by atoms with Gasteiger partial charge in [0.05, 0.1) is 36.9 Å². The van der Waals surface area contributed by atoms with Gasteiger partial charge < -0.3 is 15.2 Å². The highest BCUT2D eigenvalue weighted by atomic mass is 35.5. The second-order valence-corrected chi connectivity index (χ2v) is 3.54. The Bertz CT molecular complexity index is 459. The standard InChI is InChI=1S/C11H12ClNO4/c1-16-10-6(5-14)3-7(12)9(8(15)4-13)11(10)17-2/h3,5H,4,13H2,1-2H3. The van der Waals surface area contributed by atoms with E-state index in [9.17, 15) is 9.59 Å². The van der Waals surface area contributed by atoms with E-state index in [0.29, 0.717) is 6.29 Å². The third-order valence-corrected chi connectivity index (χ3v) is 2.51. The summed E-state index contributed by atoms with van der Waals surface area (Å²) >= 11 is 5.92. The van der Waals surface area contributed by atoms with Crippen LogP contribution >= 0.6 is 11.6 Å². The Morgan fingerprint density at radius 1 is 1.41 bits per heavy atom. The number of ether oxygens (including phenoxy) is 2. The number of carbonyl (C=O) groups excluding carboxylic acids is 2. The first-order valence-corrected chi connectivity index (χ1v) is 5.11. The van der Waals surface area contributed by atoms with Crippen molar-refractivity contribution in [2.24, 2.45) is 5.73 Å². The molecular formula is C11H12ClNO4. The van der Waals surface area contributed by atoms with Gasteiger partial charge in [-0.15, -0.1) is 0 Å². The van der Waals surface area contributed by atoms with Gasteiger partial charge in [0, 0.05) is 0 Å². The van der Waals surface area contributed by atoms with Crippen LogP contribution in [-0.2, 0) is 0 Å². The summed E-state index contributed by atoms with van der Waals surface area (Å²) < 4.78 is 10.1. The zero-order chi connectivity index (χ0) is 13.0. The van der Waals surface area contributed by atoms with Crippen LogP contribution in [0.4, 0.5) is 0 Å². The highest BCUT2D eigenvalue weighted by Gasteiger charge is 2.22. The predicted molar refractivity (Wildman–Crippen MR) is 63.3 cm³/mol. The molecule has 0 atom stereocenters. The maximum absolute atomic E-state index is 11.6. The van der Waals surface area contributed by atoms with E-state index in [1.54, 1.807) is 0 Å². The Hall–Kier alpha value is -1.59. The van der Waals surface area contributed by atoms with Crippen molar-refractivity contribution in [2.75, 3.05) is 20.8 Å². The fourth-order valence-electron chi connectivity index (χ4n) is 1.48. The van der Waals surface area contributed by atoms with Crippen molar-refractivity contribution in [3.63, 3.8) is 0 Å². The number of nitrogens with two attached hydrogens (primary N) is 1. The zero-order valence-electron chi connectivity index (χ0n) is 9.45. The molecule has 0 saturated carbocycles. The number of Topliss-reactive ketones (excluding diaryl/α,β-unsaturated/α-hetero) is 1. The number of benzene rings is 1.